The van der Waals surface area contributed by atoms with E-state index in [1.165, 1.54) is 89.9 Å². The molecule has 0 aliphatic carbocycles. The first-order valence-electron chi connectivity index (χ1n) is 16.7. The van der Waals surface area contributed by atoms with Crippen molar-refractivity contribution >= 4 is 19.7 Å². The van der Waals surface area contributed by atoms with Crippen molar-refractivity contribution in [2.45, 2.75) is 155 Å². The van der Waals surface area contributed by atoms with E-state index in [9.17, 15) is 19.0 Å². The van der Waals surface area contributed by atoms with Crippen LogP contribution < -0.4 is 0 Å². The molecule has 0 radical (unpaired) electrons. The van der Waals surface area contributed by atoms with Crippen LogP contribution in [0.1, 0.15) is 130 Å². The number of carbonyl (C=O) groups is 2. The maximum Gasteiger partial charge on any atom is 0.439 e. The van der Waals surface area contributed by atoms with Crippen LogP contribution in [0, 0.1) is 11.8 Å². The van der Waals surface area contributed by atoms with Gasteiger partial charge in [-0.2, -0.15) is 0 Å². The number of carbonyl (C=O) groups excluding carboxylic acids is 2. The molecule has 0 aromatic carbocycles. The summed E-state index contributed by atoms with van der Waals surface area (Å²) in [7, 11) is -4.49. The van der Waals surface area contributed by atoms with Crippen LogP contribution >= 0.6 is 7.75 Å². The van der Waals surface area contributed by atoms with Crippen molar-refractivity contribution < 1.29 is 42.2 Å². The molecule has 254 valence electrons. The number of esters is 2. The molecule has 1 aromatic rings. The fourth-order valence-corrected chi connectivity index (χ4v) is 6.60. The molecule has 1 aliphatic heterocycles. The normalized spacial score (nSPS) is 24.0. The number of nitrogens with zero attached hydrogens (tertiary/aromatic N) is 2. The zero-order valence-electron chi connectivity index (χ0n) is 27.2. The smallest absolute Gasteiger partial charge is 0.439 e. The van der Waals surface area contributed by atoms with Gasteiger partial charge in [-0.15, -0.1) is 0 Å². The van der Waals surface area contributed by atoms with Crippen molar-refractivity contribution in [2.24, 2.45) is 11.8 Å². The van der Waals surface area contributed by atoms with Crippen LogP contribution in [0.3, 0.4) is 0 Å². The van der Waals surface area contributed by atoms with E-state index in [1.54, 1.807) is 13.8 Å². The Labute approximate surface area is 263 Å². The molecular weight excluding hydrogens is 590 g/mol. The summed E-state index contributed by atoms with van der Waals surface area (Å²) in [5, 5.41) is 0. The third kappa shape index (κ3) is 14.1. The Bertz CT molecular complexity index is 981. The van der Waals surface area contributed by atoms with Gasteiger partial charge >= 0.3 is 19.7 Å². The maximum atomic E-state index is 15.4. The first kappa shape index (κ1) is 38.4. The summed E-state index contributed by atoms with van der Waals surface area (Å²) in [5.74, 6) is -2.07. The Hall–Kier alpha value is -1.81. The Kier molecular flexibility index (Phi) is 18.4. The van der Waals surface area contributed by atoms with Crippen LogP contribution in [0.15, 0.2) is 18.7 Å². The first-order chi connectivity index (χ1) is 21.1. The monoisotopic (exact) mass is 646 g/mol. The van der Waals surface area contributed by atoms with E-state index in [2.05, 4.69) is 11.9 Å². The number of ether oxygens (including phenoxy) is 3. The Morgan fingerprint density at radius 1 is 0.955 bits per heavy atom. The molecule has 1 aromatic heterocycles. The third-order valence-corrected chi connectivity index (χ3v) is 9.80. The van der Waals surface area contributed by atoms with Crippen molar-refractivity contribution in [1.82, 2.24) is 9.32 Å². The van der Waals surface area contributed by atoms with Gasteiger partial charge in [-0.1, -0.05) is 111 Å². The summed E-state index contributed by atoms with van der Waals surface area (Å²) in [6.07, 6.45) is 16.9. The van der Waals surface area contributed by atoms with Gasteiger partial charge in [-0.3, -0.25) is 14.1 Å². The molecule has 3 unspecified atom stereocenters. The number of alkyl halides is 1. The van der Waals surface area contributed by atoms with Crippen LogP contribution in [-0.4, -0.2) is 57.4 Å². The highest BCUT2D eigenvalue weighted by Gasteiger charge is 2.49. The summed E-state index contributed by atoms with van der Waals surface area (Å²) < 4.78 is 50.7. The predicted molar refractivity (Wildman–Crippen MR) is 166 cm³/mol. The minimum Gasteiger partial charge on any atom is -0.462 e. The van der Waals surface area contributed by atoms with Crippen LogP contribution in [0.4, 0.5) is 4.39 Å². The average Bonchev–Trinajstić information content (AvgIpc) is 3.54. The lowest BCUT2D eigenvalue weighted by Crippen LogP contribution is -2.55. The summed E-state index contributed by atoms with van der Waals surface area (Å²) in [4.78, 5) is 38.2. The van der Waals surface area contributed by atoms with Crippen molar-refractivity contribution in [3.8, 4) is 0 Å². The molecule has 0 amide bonds. The highest BCUT2D eigenvalue weighted by molar-refractivity contribution is 7.51. The van der Waals surface area contributed by atoms with Gasteiger partial charge in [0.2, 0.25) is 6.29 Å². The van der Waals surface area contributed by atoms with Crippen LogP contribution in [0.5, 0.6) is 0 Å². The number of imidazole rings is 1. The highest BCUT2D eigenvalue weighted by Crippen LogP contribution is 2.48. The second kappa shape index (κ2) is 21.1. The van der Waals surface area contributed by atoms with Crippen molar-refractivity contribution in [1.29, 1.82) is 0 Å². The van der Waals surface area contributed by atoms with Crippen LogP contribution in [0.25, 0.3) is 0 Å². The minimum atomic E-state index is -4.49. The van der Waals surface area contributed by atoms with Crippen LogP contribution in [0.2, 0.25) is 0 Å². The fraction of sp³-hybridized carbons (Fsp3) is 0.844. The number of aromatic nitrogens is 2. The average molecular weight is 647 g/mol. The lowest BCUT2D eigenvalue weighted by molar-refractivity contribution is -0.261. The lowest BCUT2D eigenvalue weighted by Gasteiger charge is -2.44. The minimum absolute atomic E-state index is 0.224. The van der Waals surface area contributed by atoms with Crippen molar-refractivity contribution in [2.75, 3.05) is 6.61 Å². The zero-order valence-corrected chi connectivity index (χ0v) is 28.1. The third-order valence-electron chi connectivity index (χ3n) is 8.50. The van der Waals surface area contributed by atoms with E-state index in [0.29, 0.717) is 6.42 Å². The van der Waals surface area contributed by atoms with Gasteiger partial charge < -0.3 is 19.1 Å². The number of halogens is 1. The second-order valence-electron chi connectivity index (χ2n) is 12.2. The van der Waals surface area contributed by atoms with Gasteiger partial charge in [0.1, 0.15) is 12.9 Å². The number of unbranched alkanes of at least 4 members (excludes halogenated alkanes) is 14. The molecule has 1 saturated heterocycles. The summed E-state index contributed by atoms with van der Waals surface area (Å²) in [6, 6.07) is 0. The molecular formula is C32H56FN2O8P. The maximum absolute atomic E-state index is 15.4. The largest absolute Gasteiger partial charge is 0.462 e. The molecule has 44 heavy (non-hydrogen) atoms. The van der Waals surface area contributed by atoms with Crippen LogP contribution in [-0.2, 0) is 32.9 Å². The molecule has 12 heteroatoms. The molecule has 2 heterocycles. The number of hydrogen-bond acceptors (Lipinski definition) is 8. The topological polar surface area (TPSA) is 126 Å². The summed E-state index contributed by atoms with van der Waals surface area (Å²) in [5.41, 5.74) is 0. The molecule has 1 fully saturated rings. The molecule has 1 aliphatic rings. The molecule has 1 N–H and O–H groups in total. The molecule has 2 rings (SSSR count). The number of hydrogen-bond donors (Lipinski definition) is 1. The van der Waals surface area contributed by atoms with E-state index < -0.39 is 62.8 Å². The first-order valence-corrected chi connectivity index (χ1v) is 18.2. The van der Waals surface area contributed by atoms with Crippen molar-refractivity contribution in [3.63, 3.8) is 0 Å². The van der Waals surface area contributed by atoms with E-state index in [1.807, 2.05) is 0 Å². The number of rotatable bonds is 23. The van der Waals surface area contributed by atoms with E-state index >= 15 is 4.39 Å². The zero-order chi connectivity index (χ0) is 32.4. The van der Waals surface area contributed by atoms with E-state index in [4.69, 9.17) is 18.7 Å². The van der Waals surface area contributed by atoms with Gasteiger partial charge in [0.25, 0.3) is 0 Å². The fourth-order valence-electron chi connectivity index (χ4n) is 5.63. The summed E-state index contributed by atoms with van der Waals surface area (Å²) >= 11 is 0. The van der Waals surface area contributed by atoms with Gasteiger partial charge in [-0.25, -0.2) is 18.3 Å². The quantitative estimate of drug-likeness (QED) is 0.0717. The Morgan fingerprint density at radius 2 is 1.50 bits per heavy atom. The molecule has 0 spiro atoms. The SMILES string of the molecule is CCCCCCCCCCCCCCCCCC(=O)OC[C@H](F)C1O[C@@H](OP(=O)(O)n2ccnc2)C(OC(C)=O)[C@@H](C)[C@@H]1C. The molecule has 0 bridgehead atoms. The standard InChI is InChI=1S/C32H56FN2O8P/c1-5-6-7-8-9-10-11-12-13-14-15-16-17-18-19-20-29(37)40-23-28(33)30-25(2)26(3)31(41-27(4)36)32(42-30)43-44(38,39)35-22-21-34-24-35/h21-22,24-26,28,30-32H,5-20,23H2,1-4H3,(H,38,39)/t25-,26-,28-,30?,31?,32-/m0/s1. The van der Waals surface area contributed by atoms with E-state index in [-0.39, 0.29) is 6.42 Å². The Morgan fingerprint density at radius 3 is 2.00 bits per heavy atom. The van der Waals surface area contributed by atoms with Crippen molar-refractivity contribution in [3.05, 3.63) is 18.7 Å². The highest BCUT2D eigenvalue weighted by atomic mass is 31.2. The summed E-state index contributed by atoms with van der Waals surface area (Å²) in [6.45, 7) is 6.38. The molecule has 0 saturated carbocycles. The predicted octanol–water partition coefficient (Wildman–Crippen LogP) is 7.92. The van der Waals surface area contributed by atoms with Gasteiger partial charge in [0, 0.05) is 31.7 Å². The Balaban J connectivity index is 1.66. The lowest BCUT2D eigenvalue weighted by atomic mass is 9.82. The molecule has 7 atom stereocenters. The molecule has 10 nitrogen and oxygen atoms in total. The van der Waals surface area contributed by atoms with Gasteiger partial charge in [-0.05, 0) is 12.3 Å². The van der Waals surface area contributed by atoms with Gasteiger partial charge in [0.15, 0.2) is 12.3 Å². The second-order valence-corrected chi connectivity index (χ2v) is 13.9. The van der Waals surface area contributed by atoms with Gasteiger partial charge in [0.05, 0.1) is 6.10 Å². The van der Waals surface area contributed by atoms with E-state index in [0.717, 1.165) is 29.9 Å².